The van der Waals surface area contributed by atoms with Crippen LogP contribution in [-0.4, -0.2) is 24.5 Å². The third-order valence-corrected chi connectivity index (χ3v) is 4.43. The lowest BCUT2D eigenvalue weighted by Gasteiger charge is -2.41. The van der Waals surface area contributed by atoms with E-state index in [4.69, 9.17) is 0 Å². The van der Waals surface area contributed by atoms with E-state index in [0.717, 1.165) is 23.6 Å². The first-order valence-electron chi connectivity index (χ1n) is 8.33. The van der Waals surface area contributed by atoms with Gasteiger partial charge in [0.15, 0.2) is 0 Å². The van der Waals surface area contributed by atoms with Gasteiger partial charge in [0.1, 0.15) is 0 Å². The Balaban J connectivity index is 1.75. The second kappa shape index (κ2) is 6.19. The van der Waals surface area contributed by atoms with Gasteiger partial charge in [0.25, 0.3) is 0 Å². The van der Waals surface area contributed by atoms with Crippen LogP contribution in [0.2, 0.25) is 0 Å². The van der Waals surface area contributed by atoms with Gasteiger partial charge in [-0.25, -0.2) is 0 Å². The van der Waals surface area contributed by atoms with Crippen LogP contribution in [0.3, 0.4) is 0 Å². The minimum absolute atomic E-state index is 0.00533. The van der Waals surface area contributed by atoms with Crippen LogP contribution in [0.1, 0.15) is 25.0 Å². The molecule has 1 aliphatic heterocycles. The quantitative estimate of drug-likeness (QED) is 0.899. The first kappa shape index (κ1) is 16.4. The van der Waals surface area contributed by atoms with Gasteiger partial charge in [0.2, 0.25) is 5.91 Å². The molecule has 126 valence electrons. The van der Waals surface area contributed by atoms with Crippen molar-refractivity contribution in [1.29, 1.82) is 0 Å². The Bertz CT molecular complexity index is 767. The lowest BCUT2D eigenvalue weighted by Crippen LogP contribution is -2.50. The molecule has 1 heterocycles. The fourth-order valence-electron chi connectivity index (χ4n) is 3.16. The van der Waals surface area contributed by atoms with Crippen LogP contribution in [0.15, 0.2) is 42.5 Å². The van der Waals surface area contributed by atoms with E-state index in [1.807, 2.05) is 30.3 Å². The molecular formula is C20H25N3O. The number of nitrogens with zero attached hydrogens (tertiary/aromatic N) is 1. The third kappa shape index (κ3) is 3.53. The molecule has 2 aromatic carbocycles. The number of anilines is 3. The first-order valence-corrected chi connectivity index (χ1v) is 8.33. The summed E-state index contributed by atoms with van der Waals surface area (Å²) in [5, 5.41) is 6.54. The number of amides is 1. The van der Waals surface area contributed by atoms with Crippen molar-refractivity contribution in [2.24, 2.45) is 0 Å². The van der Waals surface area contributed by atoms with Gasteiger partial charge in [-0.05, 0) is 63.1 Å². The molecule has 0 unspecified atom stereocenters. The molecule has 2 N–H and O–H groups in total. The third-order valence-electron chi connectivity index (χ3n) is 4.43. The van der Waals surface area contributed by atoms with E-state index in [0.29, 0.717) is 6.54 Å². The molecule has 0 fully saturated rings. The van der Waals surface area contributed by atoms with Gasteiger partial charge >= 0.3 is 0 Å². The Morgan fingerprint density at radius 1 is 1.17 bits per heavy atom. The molecule has 1 aliphatic rings. The molecule has 4 heteroatoms. The summed E-state index contributed by atoms with van der Waals surface area (Å²) in [4.78, 5) is 14.7. The topological polar surface area (TPSA) is 44.4 Å². The monoisotopic (exact) mass is 323 g/mol. The highest BCUT2D eigenvalue weighted by Crippen LogP contribution is 2.33. The number of hydrogen-bond acceptors (Lipinski definition) is 3. The van der Waals surface area contributed by atoms with Crippen molar-refractivity contribution in [3.63, 3.8) is 0 Å². The van der Waals surface area contributed by atoms with Gasteiger partial charge in [-0.1, -0.05) is 18.2 Å². The SMILES string of the molecule is Cc1ccc(NC(=O)CN2CC(C)(C)Nc3ccccc32)cc1C. The van der Waals surface area contributed by atoms with Crippen LogP contribution in [0.25, 0.3) is 0 Å². The van der Waals surface area contributed by atoms with E-state index < -0.39 is 0 Å². The van der Waals surface area contributed by atoms with Crippen LogP contribution >= 0.6 is 0 Å². The van der Waals surface area contributed by atoms with Gasteiger partial charge in [0.05, 0.1) is 17.9 Å². The van der Waals surface area contributed by atoms with E-state index in [2.05, 4.69) is 55.4 Å². The van der Waals surface area contributed by atoms with Crippen molar-refractivity contribution >= 4 is 23.0 Å². The molecule has 2 aromatic rings. The minimum atomic E-state index is -0.0743. The second-order valence-corrected chi connectivity index (χ2v) is 7.23. The summed E-state index contributed by atoms with van der Waals surface area (Å²) < 4.78 is 0. The van der Waals surface area contributed by atoms with Gasteiger partial charge < -0.3 is 15.5 Å². The summed E-state index contributed by atoms with van der Waals surface area (Å²) in [7, 11) is 0. The van der Waals surface area contributed by atoms with Crippen molar-refractivity contribution in [3.05, 3.63) is 53.6 Å². The van der Waals surface area contributed by atoms with Crippen molar-refractivity contribution in [2.75, 3.05) is 28.6 Å². The maximum absolute atomic E-state index is 12.5. The Morgan fingerprint density at radius 2 is 1.92 bits per heavy atom. The lowest BCUT2D eigenvalue weighted by atomic mass is 9.99. The molecule has 3 rings (SSSR count). The number of fused-ring (bicyclic) bond motifs is 1. The average molecular weight is 323 g/mol. The largest absolute Gasteiger partial charge is 0.377 e. The molecule has 1 amide bonds. The second-order valence-electron chi connectivity index (χ2n) is 7.23. The minimum Gasteiger partial charge on any atom is -0.377 e. The summed E-state index contributed by atoms with van der Waals surface area (Å²) in [6.07, 6.45) is 0. The van der Waals surface area contributed by atoms with E-state index in [1.54, 1.807) is 0 Å². The molecule has 24 heavy (non-hydrogen) atoms. The molecule has 4 nitrogen and oxygen atoms in total. The number of carbonyl (C=O) groups excluding carboxylic acids is 1. The predicted molar refractivity (Wildman–Crippen MR) is 101 cm³/mol. The zero-order valence-corrected chi connectivity index (χ0v) is 14.8. The molecule has 0 radical (unpaired) electrons. The number of para-hydroxylation sites is 2. The van der Waals surface area contributed by atoms with Crippen LogP contribution in [-0.2, 0) is 4.79 Å². The highest BCUT2D eigenvalue weighted by atomic mass is 16.2. The molecule has 0 atom stereocenters. The zero-order valence-electron chi connectivity index (χ0n) is 14.8. The van der Waals surface area contributed by atoms with Gasteiger partial charge in [-0.3, -0.25) is 4.79 Å². The number of carbonyl (C=O) groups is 1. The fraction of sp³-hybridized carbons (Fsp3) is 0.350. The van der Waals surface area contributed by atoms with Gasteiger partial charge in [-0.15, -0.1) is 0 Å². The maximum Gasteiger partial charge on any atom is 0.243 e. The fourth-order valence-corrected chi connectivity index (χ4v) is 3.16. The zero-order chi connectivity index (χ0) is 17.3. The Hall–Kier alpha value is -2.49. The first-order chi connectivity index (χ1) is 11.3. The number of rotatable bonds is 3. The molecule has 0 spiro atoms. The maximum atomic E-state index is 12.5. The predicted octanol–water partition coefficient (Wildman–Crippen LogP) is 3.95. The lowest BCUT2D eigenvalue weighted by molar-refractivity contribution is -0.115. The highest BCUT2D eigenvalue weighted by molar-refractivity contribution is 5.95. The van der Waals surface area contributed by atoms with Crippen molar-refractivity contribution < 1.29 is 4.79 Å². The Morgan fingerprint density at radius 3 is 2.67 bits per heavy atom. The number of nitrogens with one attached hydrogen (secondary N) is 2. The summed E-state index contributed by atoms with van der Waals surface area (Å²) in [5.74, 6) is 0.00533. The number of hydrogen-bond donors (Lipinski definition) is 2. The molecular weight excluding hydrogens is 298 g/mol. The van der Waals surface area contributed by atoms with E-state index in [1.165, 1.54) is 11.1 Å². The Kier molecular flexibility index (Phi) is 4.22. The van der Waals surface area contributed by atoms with Crippen LogP contribution in [0.5, 0.6) is 0 Å². The summed E-state index contributed by atoms with van der Waals surface area (Å²) >= 11 is 0. The van der Waals surface area contributed by atoms with Crippen LogP contribution < -0.4 is 15.5 Å². The average Bonchev–Trinajstić information content (AvgIpc) is 2.50. The molecule has 0 saturated heterocycles. The number of benzene rings is 2. The Labute approximate surface area is 143 Å². The van der Waals surface area contributed by atoms with E-state index >= 15 is 0 Å². The van der Waals surface area contributed by atoms with E-state index in [-0.39, 0.29) is 11.4 Å². The highest BCUT2D eigenvalue weighted by Gasteiger charge is 2.30. The van der Waals surface area contributed by atoms with Crippen LogP contribution in [0.4, 0.5) is 17.1 Å². The van der Waals surface area contributed by atoms with E-state index in [9.17, 15) is 4.79 Å². The standard InChI is InChI=1S/C20H25N3O/c1-14-9-10-16(11-15(14)2)21-19(24)12-23-13-20(3,4)22-17-7-5-6-8-18(17)23/h5-11,22H,12-13H2,1-4H3,(H,21,24). The van der Waals surface area contributed by atoms with Crippen molar-refractivity contribution in [2.45, 2.75) is 33.2 Å². The van der Waals surface area contributed by atoms with Crippen molar-refractivity contribution in [3.8, 4) is 0 Å². The molecule has 0 aromatic heterocycles. The molecule has 0 saturated carbocycles. The van der Waals surface area contributed by atoms with Crippen LogP contribution in [0, 0.1) is 13.8 Å². The summed E-state index contributed by atoms with van der Waals surface area (Å²) in [5.41, 5.74) is 5.34. The molecule has 0 bridgehead atoms. The van der Waals surface area contributed by atoms with Crippen molar-refractivity contribution in [1.82, 2.24) is 0 Å². The smallest absolute Gasteiger partial charge is 0.243 e. The van der Waals surface area contributed by atoms with Gasteiger partial charge in [0, 0.05) is 17.8 Å². The normalized spacial score (nSPS) is 15.4. The molecule has 0 aliphatic carbocycles. The summed E-state index contributed by atoms with van der Waals surface area (Å²) in [6.45, 7) is 9.55. The number of aryl methyl sites for hydroxylation is 2. The van der Waals surface area contributed by atoms with Gasteiger partial charge in [-0.2, -0.15) is 0 Å². The summed E-state index contributed by atoms with van der Waals surface area (Å²) in [6, 6.07) is 14.1.